The van der Waals surface area contributed by atoms with Gasteiger partial charge in [-0.05, 0) is 25.0 Å². The van der Waals surface area contributed by atoms with Crippen molar-refractivity contribution in [2.75, 3.05) is 13.7 Å². The fourth-order valence-electron chi connectivity index (χ4n) is 1.66. The standard InChI is InChI=1S/C11H14O3/c1-13-8-4-5-9-10(12)3-2-6-14-11(9)7-8/h4-5,7,10,12H,2-3,6H2,1H3. The van der Waals surface area contributed by atoms with Crippen LogP contribution in [0.15, 0.2) is 18.2 Å². The highest BCUT2D eigenvalue weighted by Crippen LogP contribution is 2.33. The number of rotatable bonds is 1. The second-order valence-corrected chi connectivity index (χ2v) is 3.41. The first kappa shape index (κ1) is 9.34. The molecule has 0 aromatic heterocycles. The first-order valence-corrected chi connectivity index (χ1v) is 4.80. The molecule has 1 atom stereocenters. The molecule has 0 amide bonds. The summed E-state index contributed by atoms with van der Waals surface area (Å²) in [5, 5.41) is 9.78. The van der Waals surface area contributed by atoms with Crippen LogP contribution in [0.3, 0.4) is 0 Å². The lowest BCUT2D eigenvalue weighted by molar-refractivity contribution is 0.167. The van der Waals surface area contributed by atoms with Gasteiger partial charge in [0.1, 0.15) is 11.5 Å². The third-order valence-electron chi connectivity index (χ3n) is 2.46. The fraction of sp³-hybridized carbons (Fsp3) is 0.455. The summed E-state index contributed by atoms with van der Waals surface area (Å²) < 4.78 is 10.6. The minimum Gasteiger partial charge on any atom is -0.497 e. The van der Waals surface area contributed by atoms with Gasteiger partial charge in [0.2, 0.25) is 0 Å². The molecule has 0 saturated heterocycles. The Balaban J connectivity index is 2.38. The molecule has 14 heavy (non-hydrogen) atoms. The number of hydrogen-bond acceptors (Lipinski definition) is 3. The van der Waals surface area contributed by atoms with Gasteiger partial charge in [-0.15, -0.1) is 0 Å². The van der Waals surface area contributed by atoms with E-state index in [2.05, 4.69) is 0 Å². The Kier molecular flexibility index (Phi) is 2.59. The molecule has 0 saturated carbocycles. The van der Waals surface area contributed by atoms with Crippen molar-refractivity contribution in [2.24, 2.45) is 0 Å². The van der Waals surface area contributed by atoms with E-state index in [1.165, 1.54) is 0 Å². The first-order valence-electron chi connectivity index (χ1n) is 4.80. The van der Waals surface area contributed by atoms with E-state index < -0.39 is 6.10 Å². The maximum atomic E-state index is 9.78. The monoisotopic (exact) mass is 194 g/mol. The van der Waals surface area contributed by atoms with Crippen molar-refractivity contribution in [1.82, 2.24) is 0 Å². The molecule has 1 aliphatic heterocycles. The second-order valence-electron chi connectivity index (χ2n) is 3.41. The molecule has 3 nitrogen and oxygen atoms in total. The van der Waals surface area contributed by atoms with Crippen LogP contribution in [0, 0.1) is 0 Å². The van der Waals surface area contributed by atoms with Crippen LogP contribution in [0.5, 0.6) is 11.5 Å². The zero-order chi connectivity index (χ0) is 9.97. The van der Waals surface area contributed by atoms with Crippen LogP contribution in [0.4, 0.5) is 0 Å². The molecule has 1 N–H and O–H groups in total. The predicted octanol–water partition coefficient (Wildman–Crippen LogP) is 1.90. The van der Waals surface area contributed by atoms with Gasteiger partial charge in [-0.1, -0.05) is 0 Å². The Morgan fingerprint density at radius 2 is 2.36 bits per heavy atom. The molecule has 76 valence electrons. The number of aliphatic hydroxyl groups excluding tert-OH is 1. The minimum absolute atomic E-state index is 0.404. The molecule has 1 unspecified atom stereocenters. The van der Waals surface area contributed by atoms with Crippen LogP contribution in [-0.2, 0) is 0 Å². The summed E-state index contributed by atoms with van der Waals surface area (Å²) in [6.07, 6.45) is 1.25. The molecule has 1 aromatic carbocycles. The van der Waals surface area contributed by atoms with Gasteiger partial charge in [-0.3, -0.25) is 0 Å². The number of aliphatic hydroxyl groups is 1. The van der Waals surface area contributed by atoms with Crippen LogP contribution in [-0.4, -0.2) is 18.8 Å². The van der Waals surface area contributed by atoms with E-state index >= 15 is 0 Å². The molecule has 1 aliphatic rings. The summed E-state index contributed by atoms with van der Waals surface area (Å²) in [7, 11) is 1.62. The normalized spacial score (nSPS) is 20.6. The van der Waals surface area contributed by atoms with Gasteiger partial charge < -0.3 is 14.6 Å². The van der Waals surface area contributed by atoms with Crippen molar-refractivity contribution in [1.29, 1.82) is 0 Å². The Hall–Kier alpha value is -1.22. The molecule has 0 aliphatic carbocycles. The highest BCUT2D eigenvalue weighted by Gasteiger charge is 2.17. The zero-order valence-corrected chi connectivity index (χ0v) is 8.19. The average Bonchev–Trinajstić information content (AvgIpc) is 2.40. The Bertz CT molecular complexity index is 322. The topological polar surface area (TPSA) is 38.7 Å². The Morgan fingerprint density at radius 1 is 1.50 bits per heavy atom. The van der Waals surface area contributed by atoms with E-state index in [0.717, 1.165) is 29.9 Å². The van der Waals surface area contributed by atoms with Gasteiger partial charge in [0.25, 0.3) is 0 Å². The lowest BCUT2D eigenvalue weighted by Crippen LogP contribution is -1.96. The van der Waals surface area contributed by atoms with E-state index in [4.69, 9.17) is 9.47 Å². The van der Waals surface area contributed by atoms with Gasteiger partial charge in [-0.2, -0.15) is 0 Å². The molecular weight excluding hydrogens is 180 g/mol. The summed E-state index contributed by atoms with van der Waals surface area (Å²) in [5.41, 5.74) is 0.864. The third kappa shape index (κ3) is 1.68. The van der Waals surface area contributed by atoms with Gasteiger partial charge in [0.05, 0.1) is 19.8 Å². The molecule has 1 heterocycles. The Morgan fingerprint density at radius 3 is 3.14 bits per heavy atom. The van der Waals surface area contributed by atoms with E-state index in [-0.39, 0.29) is 0 Å². The quantitative estimate of drug-likeness (QED) is 0.742. The predicted molar refractivity (Wildman–Crippen MR) is 52.7 cm³/mol. The maximum Gasteiger partial charge on any atom is 0.128 e. The maximum absolute atomic E-state index is 9.78. The van der Waals surface area contributed by atoms with Crippen LogP contribution < -0.4 is 9.47 Å². The van der Waals surface area contributed by atoms with E-state index in [1.54, 1.807) is 7.11 Å². The van der Waals surface area contributed by atoms with E-state index in [1.807, 2.05) is 18.2 Å². The number of methoxy groups -OCH3 is 1. The molecule has 3 heteroatoms. The summed E-state index contributed by atoms with van der Waals surface area (Å²) in [6.45, 7) is 0.664. The second kappa shape index (κ2) is 3.88. The van der Waals surface area contributed by atoms with E-state index in [0.29, 0.717) is 6.61 Å². The van der Waals surface area contributed by atoms with Crippen LogP contribution in [0.25, 0.3) is 0 Å². The number of fused-ring (bicyclic) bond motifs is 1. The van der Waals surface area contributed by atoms with Crippen molar-refractivity contribution < 1.29 is 14.6 Å². The van der Waals surface area contributed by atoms with Crippen molar-refractivity contribution in [3.05, 3.63) is 23.8 Å². The third-order valence-corrected chi connectivity index (χ3v) is 2.46. The number of benzene rings is 1. The molecule has 0 bridgehead atoms. The number of ether oxygens (including phenoxy) is 2. The summed E-state index contributed by atoms with van der Waals surface area (Å²) >= 11 is 0. The Labute approximate surface area is 83.3 Å². The van der Waals surface area contributed by atoms with Crippen molar-refractivity contribution in [3.8, 4) is 11.5 Å². The van der Waals surface area contributed by atoms with Gasteiger partial charge in [0.15, 0.2) is 0 Å². The van der Waals surface area contributed by atoms with Gasteiger partial charge >= 0.3 is 0 Å². The van der Waals surface area contributed by atoms with Crippen molar-refractivity contribution in [3.63, 3.8) is 0 Å². The lowest BCUT2D eigenvalue weighted by atomic mass is 10.1. The number of hydrogen-bond donors (Lipinski definition) is 1. The largest absolute Gasteiger partial charge is 0.497 e. The molecule has 0 radical (unpaired) electrons. The van der Waals surface area contributed by atoms with Crippen molar-refractivity contribution >= 4 is 0 Å². The summed E-state index contributed by atoms with van der Waals surface area (Å²) in [6, 6.07) is 5.53. The smallest absolute Gasteiger partial charge is 0.128 e. The van der Waals surface area contributed by atoms with Crippen molar-refractivity contribution in [2.45, 2.75) is 18.9 Å². The zero-order valence-electron chi connectivity index (χ0n) is 8.19. The highest BCUT2D eigenvalue weighted by atomic mass is 16.5. The van der Waals surface area contributed by atoms with Crippen LogP contribution in [0.2, 0.25) is 0 Å². The van der Waals surface area contributed by atoms with Gasteiger partial charge in [-0.25, -0.2) is 0 Å². The summed E-state index contributed by atoms with van der Waals surface area (Å²) in [4.78, 5) is 0. The molecule has 0 fully saturated rings. The van der Waals surface area contributed by atoms with Crippen LogP contribution in [0.1, 0.15) is 24.5 Å². The van der Waals surface area contributed by atoms with Crippen LogP contribution >= 0.6 is 0 Å². The average molecular weight is 194 g/mol. The van der Waals surface area contributed by atoms with E-state index in [9.17, 15) is 5.11 Å². The molecule has 0 spiro atoms. The summed E-state index contributed by atoms with van der Waals surface area (Å²) in [5.74, 6) is 1.51. The lowest BCUT2D eigenvalue weighted by Gasteiger charge is -2.11. The first-order chi connectivity index (χ1) is 6.81. The van der Waals surface area contributed by atoms with Gasteiger partial charge in [0, 0.05) is 11.6 Å². The highest BCUT2D eigenvalue weighted by molar-refractivity contribution is 5.42. The minimum atomic E-state index is -0.404. The molecule has 1 aromatic rings. The molecular formula is C11H14O3. The SMILES string of the molecule is COc1ccc2c(c1)OCCCC2O. The fourth-order valence-corrected chi connectivity index (χ4v) is 1.66. The molecule has 2 rings (SSSR count).